The van der Waals surface area contributed by atoms with E-state index in [2.05, 4.69) is 4.74 Å². The lowest BCUT2D eigenvalue weighted by molar-refractivity contribution is -0.145. The molecule has 0 aliphatic heterocycles. The Kier molecular flexibility index (Phi) is 3.83. The van der Waals surface area contributed by atoms with Gasteiger partial charge in [0.2, 0.25) is 5.43 Å². The van der Waals surface area contributed by atoms with E-state index in [1.807, 2.05) is 0 Å². The predicted octanol–water partition coefficient (Wildman–Crippen LogP) is 0.555. The smallest absolute Gasteiger partial charge is 0.316 e. The van der Waals surface area contributed by atoms with Crippen LogP contribution in [0.25, 0.3) is 11.0 Å². The Morgan fingerprint density at radius 1 is 1.43 bits per heavy atom. The van der Waals surface area contributed by atoms with Crippen LogP contribution < -0.4 is 5.43 Å². The molecule has 7 heteroatoms. The summed E-state index contributed by atoms with van der Waals surface area (Å²) >= 11 is 0. The van der Waals surface area contributed by atoms with E-state index >= 15 is 0 Å². The highest BCUT2D eigenvalue weighted by molar-refractivity contribution is 5.87. The summed E-state index contributed by atoms with van der Waals surface area (Å²) in [5.74, 6) is -1.91. The third-order valence-electron chi connectivity index (χ3n) is 4.15. The Labute approximate surface area is 130 Å². The molecule has 122 valence electrons. The normalized spacial score (nSPS) is 20.3. The number of aliphatic hydroxyl groups is 2. The summed E-state index contributed by atoms with van der Waals surface area (Å²) in [6, 6.07) is 2.73. The van der Waals surface area contributed by atoms with Crippen molar-refractivity contribution in [2.75, 3.05) is 7.11 Å². The number of ether oxygens (including phenoxy) is 1. The van der Waals surface area contributed by atoms with Gasteiger partial charge >= 0.3 is 5.97 Å². The van der Waals surface area contributed by atoms with E-state index in [9.17, 15) is 24.9 Å². The number of carbonyl (C=O) groups is 1. The number of hydrogen-bond donors (Lipinski definition) is 3. The first-order valence-corrected chi connectivity index (χ1v) is 7.16. The molecule has 3 N–H and O–H groups in total. The summed E-state index contributed by atoms with van der Waals surface area (Å²) in [4.78, 5) is 24.7. The number of hydrogen-bond acceptors (Lipinski definition) is 7. The number of phenols is 1. The molecule has 0 fully saturated rings. The third-order valence-corrected chi connectivity index (χ3v) is 4.15. The zero-order chi connectivity index (χ0) is 16.7. The van der Waals surface area contributed by atoms with E-state index in [0.29, 0.717) is 12.0 Å². The van der Waals surface area contributed by atoms with Gasteiger partial charge in [0.15, 0.2) is 0 Å². The number of carbonyl (C=O) groups excluding carboxylic acids is 1. The molecule has 1 aliphatic carbocycles. The minimum atomic E-state index is -1.14. The van der Waals surface area contributed by atoms with E-state index in [1.54, 1.807) is 0 Å². The van der Waals surface area contributed by atoms with Crippen molar-refractivity contribution in [1.82, 2.24) is 0 Å². The van der Waals surface area contributed by atoms with Crippen molar-refractivity contribution in [2.24, 2.45) is 0 Å². The number of aliphatic hydroxyl groups excluding tert-OH is 2. The molecule has 3 rings (SSSR count). The Hall–Kier alpha value is -2.38. The van der Waals surface area contributed by atoms with Gasteiger partial charge in [0.1, 0.15) is 28.4 Å². The summed E-state index contributed by atoms with van der Waals surface area (Å²) in [5, 5.41) is 29.3. The number of methoxy groups -OCH3 is 1. The molecule has 0 bridgehead atoms. The van der Waals surface area contributed by atoms with Gasteiger partial charge in [0.05, 0.1) is 25.4 Å². The first-order chi connectivity index (χ1) is 11.0. The zero-order valence-electron chi connectivity index (χ0n) is 12.4. The second-order valence-electron chi connectivity index (χ2n) is 5.52. The SMILES string of the molecule is COC(=O)[C@@H]1c2c(oc3cc(CO)cc(O)c3c2=O)CC[C@@H]1O. The predicted molar refractivity (Wildman–Crippen MR) is 79.2 cm³/mol. The summed E-state index contributed by atoms with van der Waals surface area (Å²) in [6.07, 6.45) is -0.499. The lowest BCUT2D eigenvalue weighted by Crippen LogP contribution is -2.36. The highest BCUT2D eigenvalue weighted by Crippen LogP contribution is 2.35. The summed E-state index contributed by atoms with van der Waals surface area (Å²) in [7, 11) is 1.18. The summed E-state index contributed by atoms with van der Waals surface area (Å²) < 4.78 is 10.3. The summed E-state index contributed by atoms with van der Waals surface area (Å²) in [5.41, 5.74) is -0.0104. The van der Waals surface area contributed by atoms with Crippen LogP contribution in [0.1, 0.15) is 29.2 Å². The molecule has 0 radical (unpaired) electrons. The number of phenolic OH excluding ortho intramolecular Hbond substituents is 1. The van der Waals surface area contributed by atoms with Crippen LogP contribution in [0.3, 0.4) is 0 Å². The van der Waals surface area contributed by atoms with E-state index in [-0.39, 0.29) is 41.1 Å². The molecule has 2 aromatic rings. The quantitative estimate of drug-likeness (QED) is 0.692. The largest absolute Gasteiger partial charge is 0.507 e. The second kappa shape index (κ2) is 5.68. The maximum atomic E-state index is 12.8. The van der Waals surface area contributed by atoms with E-state index < -0.39 is 23.4 Å². The molecule has 7 nitrogen and oxygen atoms in total. The molecular weight excluding hydrogens is 304 g/mol. The van der Waals surface area contributed by atoms with Crippen LogP contribution in [0, 0.1) is 0 Å². The highest BCUT2D eigenvalue weighted by Gasteiger charge is 2.39. The maximum Gasteiger partial charge on any atom is 0.316 e. The molecule has 0 amide bonds. The van der Waals surface area contributed by atoms with Crippen molar-refractivity contribution in [3.8, 4) is 5.75 Å². The standard InChI is InChI=1S/C16H16O7/c1-22-16(21)13-8(18)2-3-10-14(13)15(20)12-9(19)4-7(6-17)5-11(12)23-10/h4-5,8,13,17-19H,2-3,6H2,1H3/t8-,13-/m0/s1. The van der Waals surface area contributed by atoms with E-state index in [0.717, 1.165) is 0 Å². The summed E-state index contributed by atoms with van der Waals surface area (Å²) in [6.45, 7) is -0.312. The van der Waals surface area contributed by atoms with Gasteiger partial charge in [-0.1, -0.05) is 0 Å². The van der Waals surface area contributed by atoms with Gasteiger partial charge in [-0.05, 0) is 24.1 Å². The van der Waals surface area contributed by atoms with E-state index in [4.69, 9.17) is 4.42 Å². The number of esters is 1. The molecular formula is C16H16O7. The first kappa shape index (κ1) is 15.5. The Bertz CT molecular complexity index is 836. The van der Waals surface area contributed by atoms with Crippen molar-refractivity contribution in [1.29, 1.82) is 0 Å². The fraction of sp³-hybridized carbons (Fsp3) is 0.375. The number of benzene rings is 1. The van der Waals surface area contributed by atoms with Gasteiger partial charge in [-0.25, -0.2) is 0 Å². The van der Waals surface area contributed by atoms with Crippen molar-refractivity contribution in [3.63, 3.8) is 0 Å². The van der Waals surface area contributed by atoms with Crippen LogP contribution in [0.15, 0.2) is 21.3 Å². The number of aryl methyl sites for hydroxylation is 1. The van der Waals surface area contributed by atoms with Crippen LogP contribution in [-0.4, -0.2) is 34.5 Å². The van der Waals surface area contributed by atoms with Crippen LogP contribution in [-0.2, 0) is 22.6 Å². The molecule has 0 spiro atoms. The van der Waals surface area contributed by atoms with Crippen LogP contribution >= 0.6 is 0 Å². The van der Waals surface area contributed by atoms with Gasteiger partial charge in [-0.2, -0.15) is 0 Å². The van der Waals surface area contributed by atoms with E-state index in [1.165, 1.54) is 19.2 Å². The average molecular weight is 320 g/mol. The topological polar surface area (TPSA) is 117 Å². The minimum absolute atomic E-state index is 0.0233. The molecule has 0 saturated heterocycles. The maximum absolute atomic E-state index is 12.8. The Morgan fingerprint density at radius 3 is 2.83 bits per heavy atom. The van der Waals surface area contributed by atoms with Crippen LogP contribution in [0.4, 0.5) is 0 Å². The molecule has 1 heterocycles. The Balaban J connectivity index is 2.33. The lowest BCUT2D eigenvalue weighted by Gasteiger charge is -2.27. The number of fused-ring (bicyclic) bond motifs is 2. The average Bonchev–Trinajstić information content (AvgIpc) is 2.54. The lowest BCUT2D eigenvalue weighted by atomic mass is 9.83. The van der Waals surface area contributed by atoms with Crippen molar-refractivity contribution >= 4 is 16.9 Å². The van der Waals surface area contributed by atoms with Crippen LogP contribution in [0.2, 0.25) is 0 Å². The molecule has 1 aromatic carbocycles. The van der Waals surface area contributed by atoms with Gasteiger partial charge < -0.3 is 24.5 Å². The van der Waals surface area contributed by atoms with Gasteiger partial charge in [0, 0.05) is 6.42 Å². The van der Waals surface area contributed by atoms with Crippen molar-refractivity contribution in [2.45, 2.75) is 31.5 Å². The first-order valence-electron chi connectivity index (χ1n) is 7.16. The molecule has 1 aliphatic rings. The fourth-order valence-electron chi connectivity index (χ4n) is 3.05. The zero-order valence-corrected chi connectivity index (χ0v) is 12.4. The van der Waals surface area contributed by atoms with Gasteiger partial charge in [0.25, 0.3) is 0 Å². The van der Waals surface area contributed by atoms with Crippen molar-refractivity contribution in [3.05, 3.63) is 39.2 Å². The molecule has 0 saturated carbocycles. The molecule has 0 unspecified atom stereocenters. The number of rotatable bonds is 2. The molecule has 2 atom stereocenters. The highest BCUT2D eigenvalue weighted by atomic mass is 16.5. The van der Waals surface area contributed by atoms with Gasteiger partial charge in [-0.15, -0.1) is 0 Å². The third kappa shape index (κ3) is 2.38. The fourth-order valence-corrected chi connectivity index (χ4v) is 3.05. The molecule has 1 aromatic heterocycles. The van der Waals surface area contributed by atoms with Crippen LogP contribution in [0.5, 0.6) is 5.75 Å². The monoisotopic (exact) mass is 320 g/mol. The number of aromatic hydroxyl groups is 1. The Morgan fingerprint density at radius 2 is 2.17 bits per heavy atom. The van der Waals surface area contributed by atoms with Gasteiger partial charge in [-0.3, -0.25) is 9.59 Å². The van der Waals surface area contributed by atoms with Crippen molar-refractivity contribution < 1.29 is 29.3 Å². The molecule has 23 heavy (non-hydrogen) atoms. The second-order valence-corrected chi connectivity index (χ2v) is 5.52. The minimum Gasteiger partial charge on any atom is -0.507 e.